The van der Waals surface area contributed by atoms with Gasteiger partial charge in [0.1, 0.15) is 5.54 Å². The lowest BCUT2D eigenvalue weighted by Crippen LogP contribution is -2.48. The summed E-state index contributed by atoms with van der Waals surface area (Å²) in [6.45, 7) is 2.21. The summed E-state index contributed by atoms with van der Waals surface area (Å²) in [6, 6.07) is 0. The summed E-state index contributed by atoms with van der Waals surface area (Å²) in [5, 5.41) is 0. The van der Waals surface area contributed by atoms with Gasteiger partial charge in [0.05, 0.1) is 12.9 Å². The fourth-order valence-electron chi connectivity index (χ4n) is 2.50. The Balaban J connectivity index is 2.29. The molecule has 0 aromatic heterocycles. The molecule has 0 aromatic rings. The van der Waals surface area contributed by atoms with E-state index in [0.29, 0.717) is 24.7 Å². The van der Waals surface area contributed by atoms with Crippen LogP contribution < -0.4 is 0 Å². The summed E-state index contributed by atoms with van der Waals surface area (Å²) >= 11 is 0. The molecule has 5 heteroatoms. The fraction of sp³-hybridized carbons (Fsp3) is 0.636. The van der Waals surface area contributed by atoms with Gasteiger partial charge in [-0.2, -0.15) is 0 Å². The fourth-order valence-corrected chi connectivity index (χ4v) is 2.50. The van der Waals surface area contributed by atoms with Gasteiger partial charge in [0.25, 0.3) is 0 Å². The molecular formula is C11H14FNO3. The van der Waals surface area contributed by atoms with E-state index in [1.807, 2.05) is 0 Å². The summed E-state index contributed by atoms with van der Waals surface area (Å²) < 4.78 is 17.5. The Labute approximate surface area is 93.0 Å². The predicted octanol–water partition coefficient (Wildman–Crippen LogP) is 1.17. The Kier molecular flexibility index (Phi) is 2.69. The number of ether oxygens (including phenoxy) is 1. The van der Waals surface area contributed by atoms with Gasteiger partial charge < -0.3 is 9.64 Å². The van der Waals surface area contributed by atoms with E-state index in [4.69, 9.17) is 4.74 Å². The highest BCUT2D eigenvalue weighted by atomic mass is 19.1. The van der Waals surface area contributed by atoms with Crippen molar-refractivity contribution in [1.29, 1.82) is 0 Å². The summed E-state index contributed by atoms with van der Waals surface area (Å²) in [4.78, 5) is 24.9. The van der Waals surface area contributed by atoms with Crippen molar-refractivity contribution in [1.82, 2.24) is 4.90 Å². The maximum absolute atomic E-state index is 12.5. The van der Waals surface area contributed by atoms with Crippen molar-refractivity contribution in [2.75, 3.05) is 13.2 Å². The zero-order valence-corrected chi connectivity index (χ0v) is 9.16. The molecule has 2 aliphatic heterocycles. The summed E-state index contributed by atoms with van der Waals surface area (Å²) in [6.07, 6.45) is 1.54. The monoisotopic (exact) mass is 227 g/mol. The summed E-state index contributed by atoms with van der Waals surface area (Å²) in [5.74, 6) is -0.498. The Bertz CT molecular complexity index is 366. The number of amides is 1. The lowest BCUT2D eigenvalue weighted by molar-refractivity contribution is -0.157. The summed E-state index contributed by atoms with van der Waals surface area (Å²) in [5.41, 5.74) is -0.438. The standard InChI is InChI=1S/C11H14FNO3/c1-2-16-10(15)11-4-3-9(14)13(11)7-8(5-11)6-12/h6H,2-5,7H2,1H3/b8-6-. The first-order chi connectivity index (χ1) is 7.64. The number of hydrogen-bond acceptors (Lipinski definition) is 3. The van der Waals surface area contributed by atoms with Crippen molar-refractivity contribution < 1.29 is 18.7 Å². The SMILES string of the molecule is CCOC(=O)C12CCC(=O)N1C/C(=C\F)C2. The van der Waals surface area contributed by atoms with Crippen molar-refractivity contribution in [3.05, 3.63) is 11.9 Å². The van der Waals surface area contributed by atoms with Crippen molar-refractivity contribution in [2.45, 2.75) is 31.7 Å². The van der Waals surface area contributed by atoms with Crippen LogP contribution in [-0.2, 0) is 14.3 Å². The summed E-state index contributed by atoms with van der Waals surface area (Å²) in [7, 11) is 0. The molecule has 0 saturated carbocycles. The van der Waals surface area contributed by atoms with Crippen molar-refractivity contribution >= 4 is 11.9 Å². The lowest BCUT2D eigenvalue weighted by Gasteiger charge is -2.28. The first kappa shape index (κ1) is 11.1. The van der Waals surface area contributed by atoms with Crippen LogP contribution in [0.3, 0.4) is 0 Å². The molecule has 2 heterocycles. The number of esters is 1. The Morgan fingerprint density at radius 3 is 3.06 bits per heavy atom. The molecule has 1 unspecified atom stereocenters. The first-order valence-electron chi connectivity index (χ1n) is 5.40. The van der Waals surface area contributed by atoms with Crippen LogP contribution in [0.1, 0.15) is 26.2 Å². The van der Waals surface area contributed by atoms with Gasteiger partial charge in [0.2, 0.25) is 5.91 Å². The number of halogens is 1. The van der Waals surface area contributed by atoms with Crippen LogP contribution in [0.2, 0.25) is 0 Å². The smallest absolute Gasteiger partial charge is 0.332 e. The number of carbonyl (C=O) groups excluding carboxylic acids is 2. The predicted molar refractivity (Wildman–Crippen MR) is 54.1 cm³/mol. The largest absolute Gasteiger partial charge is 0.464 e. The van der Waals surface area contributed by atoms with Crippen molar-refractivity contribution in [3.8, 4) is 0 Å². The van der Waals surface area contributed by atoms with Crippen LogP contribution >= 0.6 is 0 Å². The van der Waals surface area contributed by atoms with Crippen molar-refractivity contribution in [2.24, 2.45) is 0 Å². The van der Waals surface area contributed by atoms with Gasteiger partial charge in [0, 0.05) is 19.4 Å². The van der Waals surface area contributed by atoms with E-state index in [2.05, 4.69) is 0 Å². The third-order valence-corrected chi connectivity index (χ3v) is 3.26. The molecule has 4 nitrogen and oxygen atoms in total. The van der Waals surface area contributed by atoms with Crippen LogP contribution in [-0.4, -0.2) is 35.5 Å². The molecule has 2 aliphatic rings. The second kappa shape index (κ2) is 3.88. The molecule has 0 radical (unpaired) electrons. The Morgan fingerprint density at radius 2 is 2.44 bits per heavy atom. The number of rotatable bonds is 2. The average Bonchev–Trinajstić information content (AvgIpc) is 2.78. The molecule has 0 N–H and O–H groups in total. The quantitative estimate of drug-likeness (QED) is 0.665. The van der Waals surface area contributed by atoms with E-state index in [1.165, 1.54) is 4.90 Å². The molecular weight excluding hydrogens is 213 g/mol. The van der Waals surface area contributed by atoms with Crippen molar-refractivity contribution in [3.63, 3.8) is 0 Å². The molecule has 0 spiro atoms. The average molecular weight is 227 g/mol. The van der Waals surface area contributed by atoms with Gasteiger partial charge in [-0.15, -0.1) is 0 Å². The van der Waals surface area contributed by atoms with E-state index in [1.54, 1.807) is 6.92 Å². The minimum atomic E-state index is -0.926. The molecule has 1 amide bonds. The van der Waals surface area contributed by atoms with E-state index >= 15 is 0 Å². The van der Waals surface area contributed by atoms with Gasteiger partial charge >= 0.3 is 5.97 Å². The first-order valence-corrected chi connectivity index (χ1v) is 5.40. The Morgan fingerprint density at radius 1 is 1.69 bits per heavy atom. The molecule has 2 saturated heterocycles. The second-order valence-corrected chi connectivity index (χ2v) is 4.18. The van der Waals surface area contributed by atoms with Crippen LogP contribution in [0.5, 0.6) is 0 Å². The van der Waals surface area contributed by atoms with Gasteiger partial charge in [0.15, 0.2) is 0 Å². The number of hydrogen-bond donors (Lipinski definition) is 0. The van der Waals surface area contributed by atoms with Crippen LogP contribution in [0.25, 0.3) is 0 Å². The van der Waals surface area contributed by atoms with E-state index in [9.17, 15) is 14.0 Å². The molecule has 0 bridgehead atoms. The zero-order chi connectivity index (χ0) is 11.8. The molecule has 2 fully saturated rings. The third kappa shape index (κ3) is 1.42. The van der Waals surface area contributed by atoms with E-state index < -0.39 is 11.5 Å². The number of carbonyl (C=O) groups is 2. The minimum absolute atomic E-state index is 0.0927. The maximum atomic E-state index is 12.5. The topological polar surface area (TPSA) is 46.6 Å². The maximum Gasteiger partial charge on any atom is 0.332 e. The normalized spacial score (nSPS) is 31.0. The van der Waals surface area contributed by atoms with E-state index in [0.717, 1.165) is 0 Å². The molecule has 2 rings (SSSR count). The lowest BCUT2D eigenvalue weighted by atomic mass is 9.93. The van der Waals surface area contributed by atoms with Crippen LogP contribution in [0.4, 0.5) is 4.39 Å². The van der Waals surface area contributed by atoms with Crippen LogP contribution in [0.15, 0.2) is 11.9 Å². The third-order valence-electron chi connectivity index (χ3n) is 3.26. The van der Waals surface area contributed by atoms with Gasteiger partial charge in [-0.1, -0.05) is 0 Å². The molecule has 1 atom stereocenters. The van der Waals surface area contributed by atoms with Gasteiger partial charge in [-0.05, 0) is 18.9 Å². The number of nitrogens with zero attached hydrogens (tertiary/aromatic N) is 1. The highest BCUT2D eigenvalue weighted by Crippen LogP contribution is 2.42. The zero-order valence-electron chi connectivity index (χ0n) is 9.16. The van der Waals surface area contributed by atoms with E-state index in [-0.39, 0.29) is 25.5 Å². The highest BCUT2D eigenvalue weighted by Gasteiger charge is 2.56. The number of fused-ring (bicyclic) bond motifs is 1. The second-order valence-electron chi connectivity index (χ2n) is 4.18. The molecule has 0 aromatic carbocycles. The molecule has 0 aliphatic carbocycles. The van der Waals surface area contributed by atoms with Gasteiger partial charge in [-0.3, -0.25) is 4.79 Å². The minimum Gasteiger partial charge on any atom is -0.464 e. The molecule has 16 heavy (non-hydrogen) atoms. The highest BCUT2D eigenvalue weighted by molar-refractivity contribution is 5.93. The van der Waals surface area contributed by atoms with Crippen LogP contribution in [0, 0.1) is 0 Å². The molecule has 88 valence electrons. The van der Waals surface area contributed by atoms with Gasteiger partial charge in [-0.25, -0.2) is 9.18 Å². The Hall–Kier alpha value is -1.39.